The lowest BCUT2D eigenvalue weighted by Crippen LogP contribution is -2.08. The second-order valence-electron chi connectivity index (χ2n) is 0.861. The number of primary amides is 1. The van der Waals surface area contributed by atoms with E-state index in [1.807, 2.05) is 0 Å². The number of thiocarbonyl (C=S) groups is 1. The number of nitrogens with two attached hydrogens (primary N) is 2. The Kier molecular flexibility index (Phi) is 19.1. The van der Waals surface area contributed by atoms with Crippen molar-refractivity contribution >= 4 is 48.8 Å². The summed E-state index contributed by atoms with van der Waals surface area (Å²) < 4.78 is 4.26. The third-order valence-corrected chi connectivity index (χ3v) is 0.368. The molecular weight excluding hydrogens is 192 g/mol. The molecule has 1 amide bonds. The molecule has 0 aliphatic carbocycles. The summed E-state index contributed by atoms with van der Waals surface area (Å²) >= 11 is 7.36. The van der Waals surface area contributed by atoms with Crippen LogP contribution in [0.2, 0.25) is 0 Å². The predicted molar refractivity (Wildman–Crippen MR) is 52.7 cm³/mol. The second-order valence-corrected chi connectivity index (χ2v) is 1.70. The molecule has 0 radical (unpaired) electrons. The van der Waals surface area contributed by atoms with Gasteiger partial charge in [-0.05, 0) is 12.2 Å². The van der Waals surface area contributed by atoms with Gasteiger partial charge in [-0.25, -0.2) is 0 Å². The molecule has 0 bridgehead atoms. The highest BCUT2D eigenvalue weighted by molar-refractivity contribution is 7.96. The van der Waals surface area contributed by atoms with Crippen molar-refractivity contribution in [3.05, 3.63) is 0 Å². The summed E-state index contributed by atoms with van der Waals surface area (Å²) in [6.07, 6.45) is 0. The van der Waals surface area contributed by atoms with Crippen molar-refractivity contribution in [1.29, 1.82) is 0 Å². The fourth-order valence-corrected chi connectivity index (χ4v) is 0. The number of thiol groups is 1. The fourth-order valence-electron chi connectivity index (χ4n) is 0. The molecular formula is C3H10N2O2S3. The van der Waals surface area contributed by atoms with E-state index >= 15 is 0 Å². The Labute approximate surface area is 77.1 Å². The molecule has 0 unspecified atom stereocenters. The Morgan fingerprint density at radius 2 is 1.70 bits per heavy atom. The van der Waals surface area contributed by atoms with Crippen LogP contribution in [0.25, 0.3) is 0 Å². The Morgan fingerprint density at radius 1 is 1.60 bits per heavy atom. The van der Waals surface area contributed by atoms with E-state index in [-0.39, 0.29) is 18.7 Å². The molecule has 0 rings (SSSR count). The van der Waals surface area contributed by atoms with E-state index in [2.05, 4.69) is 35.3 Å². The SMILES string of the molecule is COC(N)=S.NC(=O)S.S. The Morgan fingerprint density at radius 3 is 1.70 bits per heavy atom. The number of rotatable bonds is 0. The highest BCUT2D eigenvalue weighted by Crippen LogP contribution is 1.60. The summed E-state index contributed by atoms with van der Waals surface area (Å²) in [5.41, 5.74) is 9.14. The molecule has 0 atom stereocenters. The van der Waals surface area contributed by atoms with Crippen molar-refractivity contribution in [2.24, 2.45) is 11.5 Å². The standard InChI is InChI=1S/C2H5NOS.CH3NOS.H2S/c1-4-2(3)5;2-1(3)4;/h1H3,(H2,3,5);(H3,2,3,4);1H2. The lowest BCUT2D eigenvalue weighted by atomic mass is 11.3. The molecule has 0 aromatic heterocycles. The third kappa shape index (κ3) is 107. The zero-order valence-corrected chi connectivity index (χ0v) is 8.04. The van der Waals surface area contributed by atoms with Crippen LogP contribution in [0.3, 0.4) is 0 Å². The average molecular weight is 202 g/mol. The maximum absolute atomic E-state index is 9.09. The summed E-state index contributed by atoms with van der Waals surface area (Å²) in [5.74, 6) is 0. The lowest BCUT2D eigenvalue weighted by Gasteiger charge is -1.85. The molecule has 0 heterocycles. The smallest absolute Gasteiger partial charge is 0.273 e. The van der Waals surface area contributed by atoms with Gasteiger partial charge in [0.2, 0.25) is 0 Å². The molecule has 4 nitrogen and oxygen atoms in total. The molecule has 0 aliphatic heterocycles. The van der Waals surface area contributed by atoms with Crippen molar-refractivity contribution in [1.82, 2.24) is 0 Å². The highest BCUT2D eigenvalue weighted by atomic mass is 32.1. The van der Waals surface area contributed by atoms with E-state index < -0.39 is 5.24 Å². The van der Waals surface area contributed by atoms with Crippen LogP contribution >= 0.6 is 38.3 Å². The maximum atomic E-state index is 9.09. The molecule has 62 valence electrons. The van der Waals surface area contributed by atoms with Crippen LogP contribution in [0.4, 0.5) is 4.79 Å². The van der Waals surface area contributed by atoms with Crippen LogP contribution in [-0.4, -0.2) is 17.5 Å². The van der Waals surface area contributed by atoms with Gasteiger partial charge in [0.1, 0.15) is 0 Å². The van der Waals surface area contributed by atoms with Crippen molar-refractivity contribution in [2.45, 2.75) is 0 Å². The van der Waals surface area contributed by atoms with Gasteiger partial charge >= 0.3 is 0 Å². The molecule has 0 spiro atoms. The number of carbonyl (C=O) groups is 1. The van der Waals surface area contributed by atoms with Gasteiger partial charge in [-0.3, -0.25) is 4.79 Å². The zero-order chi connectivity index (χ0) is 7.86. The molecule has 0 fully saturated rings. The zero-order valence-electron chi connectivity index (χ0n) is 5.33. The number of hydrogen-bond acceptors (Lipinski definition) is 3. The summed E-state index contributed by atoms with van der Waals surface area (Å²) in [4.78, 5) is 9.09. The Hall–Kier alpha value is -0.140. The molecule has 0 aromatic rings. The van der Waals surface area contributed by atoms with Gasteiger partial charge in [-0.2, -0.15) is 13.5 Å². The molecule has 0 saturated carbocycles. The van der Waals surface area contributed by atoms with Crippen LogP contribution in [0.5, 0.6) is 0 Å². The molecule has 7 heteroatoms. The number of carbonyl (C=O) groups excluding carboxylic acids is 1. The summed E-state index contributed by atoms with van der Waals surface area (Å²) in [5, 5.41) is -0.551. The van der Waals surface area contributed by atoms with Crippen molar-refractivity contribution < 1.29 is 9.53 Å². The largest absolute Gasteiger partial charge is 0.475 e. The van der Waals surface area contributed by atoms with E-state index in [1.165, 1.54) is 7.11 Å². The van der Waals surface area contributed by atoms with E-state index in [0.29, 0.717) is 0 Å². The van der Waals surface area contributed by atoms with Crippen LogP contribution < -0.4 is 11.5 Å². The van der Waals surface area contributed by atoms with Crippen LogP contribution in [0.15, 0.2) is 0 Å². The molecule has 10 heavy (non-hydrogen) atoms. The van der Waals surface area contributed by atoms with Gasteiger partial charge in [0.25, 0.3) is 10.4 Å². The first-order valence-corrected chi connectivity index (χ1v) is 2.68. The van der Waals surface area contributed by atoms with E-state index in [0.717, 1.165) is 0 Å². The normalized spacial score (nSPS) is 5.80. The quantitative estimate of drug-likeness (QED) is 0.381. The minimum Gasteiger partial charge on any atom is -0.475 e. The van der Waals surface area contributed by atoms with Crippen LogP contribution in [0, 0.1) is 0 Å². The van der Waals surface area contributed by atoms with Crippen LogP contribution in [0.1, 0.15) is 0 Å². The summed E-state index contributed by atoms with van der Waals surface area (Å²) in [6, 6.07) is 0. The summed E-state index contributed by atoms with van der Waals surface area (Å²) in [7, 11) is 1.43. The molecule has 0 aliphatic rings. The summed E-state index contributed by atoms with van der Waals surface area (Å²) in [6.45, 7) is 0. The van der Waals surface area contributed by atoms with Crippen molar-refractivity contribution in [3.8, 4) is 0 Å². The fraction of sp³-hybridized carbons (Fsp3) is 0.333. The number of amides is 1. The average Bonchev–Trinajstić information content (AvgIpc) is 1.65. The third-order valence-electron chi connectivity index (χ3n) is 0.201. The minimum absolute atomic E-state index is 0. The van der Waals surface area contributed by atoms with Gasteiger partial charge in [0, 0.05) is 0 Å². The maximum Gasteiger partial charge on any atom is 0.273 e. The second kappa shape index (κ2) is 11.6. The van der Waals surface area contributed by atoms with Gasteiger partial charge < -0.3 is 16.2 Å². The topological polar surface area (TPSA) is 78.3 Å². The number of methoxy groups -OCH3 is 1. The van der Waals surface area contributed by atoms with E-state index in [1.54, 1.807) is 0 Å². The Balaban J connectivity index is -0.0000000910. The van der Waals surface area contributed by atoms with Crippen molar-refractivity contribution in [3.63, 3.8) is 0 Å². The van der Waals surface area contributed by atoms with Gasteiger partial charge in [0.15, 0.2) is 0 Å². The molecule has 0 saturated heterocycles. The molecule has 4 N–H and O–H groups in total. The molecule has 0 aromatic carbocycles. The van der Waals surface area contributed by atoms with Gasteiger partial charge in [0.05, 0.1) is 7.11 Å². The van der Waals surface area contributed by atoms with Gasteiger partial charge in [-0.1, -0.05) is 12.6 Å². The van der Waals surface area contributed by atoms with E-state index in [4.69, 9.17) is 10.5 Å². The monoisotopic (exact) mass is 202 g/mol. The first kappa shape index (κ1) is 16.4. The number of hydrogen-bond donors (Lipinski definition) is 3. The van der Waals surface area contributed by atoms with Gasteiger partial charge in [-0.15, -0.1) is 0 Å². The highest BCUT2D eigenvalue weighted by Gasteiger charge is 1.69. The first-order valence-electron chi connectivity index (χ1n) is 1.82. The Bertz CT molecular complexity index is 104. The number of ether oxygens (including phenoxy) is 1. The van der Waals surface area contributed by atoms with Crippen molar-refractivity contribution in [2.75, 3.05) is 7.11 Å². The van der Waals surface area contributed by atoms with E-state index in [9.17, 15) is 0 Å². The minimum atomic E-state index is -0.639. The first-order chi connectivity index (χ1) is 4.00. The predicted octanol–water partition coefficient (Wildman–Crippen LogP) is -0.0159. The van der Waals surface area contributed by atoms with Crippen LogP contribution in [-0.2, 0) is 4.74 Å². The lowest BCUT2D eigenvalue weighted by molar-refractivity contribution is 0.267.